The third-order valence-electron chi connectivity index (χ3n) is 3.74. The molecule has 4 atom stereocenters. The van der Waals surface area contributed by atoms with Gasteiger partial charge in [0.25, 0.3) is 0 Å². The lowest BCUT2D eigenvalue weighted by Gasteiger charge is -2.45. The van der Waals surface area contributed by atoms with Gasteiger partial charge in [-0.25, -0.2) is 0 Å². The van der Waals surface area contributed by atoms with Crippen LogP contribution in [-0.2, 0) is 9.47 Å². The first-order valence-corrected chi connectivity index (χ1v) is 6.85. The van der Waals surface area contributed by atoms with Gasteiger partial charge >= 0.3 is 24.7 Å². The molecule has 1 saturated heterocycles. The van der Waals surface area contributed by atoms with E-state index in [9.17, 15) is 52.7 Å². The first-order valence-electron chi connectivity index (χ1n) is 6.85. The summed E-state index contributed by atoms with van der Waals surface area (Å²) in [6, 6.07) is 0. The fourth-order valence-electron chi connectivity index (χ4n) is 2.71. The maximum atomic E-state index is 12.8. The molecule has 156 valence electrons. The molecule has 1 aliphatic rings. The molecule has 0 saturated carbocycles. The molecule has 14 heteroatoms. The van der Waals surface area contributed by atoms with E-state index < -0.39 is 61.0 Å². The minimum atomic E-state index is -6.03. The zero-order valence-corrected chi connectivity index (χ0v) is 12.8. The Kier molecular flexibility index (Phi) is 6.15. The van der Waals surface area contributed by atoms with Gasteiger partial charge in [0.15, 0.2) is 11.8 Å². The van der Waals surface area contributed by atoms with Crippen LogP contribution in [0.5, 0.6) is 0 Å². The molecule has 4 unspecified atom stereocenters. The summed E-state index contributed by atoms with van der Waals surface area (Å²) in [7, 11) is 0. The van der Waals surface area contributed by atoms with Gasteiger partial charge in [-0.3, -0.25) is 0 Å². The van der Waals surface area contributed by atoms with Gasteiger partial charge < -0.3 is 9.47 Å². The highest BCUT2D eigenvalue weighted by atomic mass is 19.4. The molecule has 0 bridgehead atoms. The molecule has 1 aliphatic heterocycles. The monoisotopic (exact) mass is 416 g/mol. The second-order valence-electron chi connectivity index (χ2n) is 5.73. The number of rotatable bonds is 2. The molecular formula is C12H12F12O2. The Morgan fingerprint density at radius 3 is 0.923 bits per heavy atom. The van der Waals surface area contributed by atoms with Gasteiger partial charge in [-0.2, -0.15) is 52.7 Å². The highest BCUT2D eigenvalue weighted by Crippen LogP contribution is 2.49. The van der Waals surface area contributed by atoms with E-state index in [1.807, 2.05) is 0 Å². The smallest absolute Gasteiger partial charge is 0.370 e. The summed E-state index contributed by atoms with van der Waals surface area (Å²) >= 11 is 0. The van der Waals surface area contributed by atoms with Gasteiger partial charge in [-0.15, -0.1) is 0 Å². The minimum Gasteiger partial charge on any atom is -0.370 e. The number of hydrogen-bond donors (Lipinski definition) is 0. The molecule has 0 aromatic carbocycles. The van der Waals surface area contributed by atoms with Gasteiger partial charge in [0.2, 0.25) is 0 Å². The fourth-order valence-corrected chi connectivity index (χ4v) is 2.71. The van der Waals surface area contributed by atoms with Crippen molar-refractivity contribution in [1.29, 1.82) is 0 Å². The molecule has 0 spiro atoms. The lowest BCUT2D eigenvalue weighted by Crippen LogP contribution is -2.61. The Balaban J connectivity index is 3.35. The van der Waals surface area contributed by atoms with Crippen molar-refractivity contribution in [2.24, 2.45) is 11.8 Å². The van der Waals surface area contributed by atoms with E-state index >= 15 is 0 Å². The van der Waals surface area contributed by atoms with E-state index in [0.29, 0.717) is 13.8 Å². The lowest BCUT2D eigenvalue weighted by atomic mass is 9.90. The summed E-state index contributed by atoms with van der Waals surface area (Å²) in [6.07, 6.45) is -34.5. The van der Waals surface area contributed by atoms with Crippen LogP contribution in [0.15, 0.2) is 0 Å². The number of ether oxygens (including phenoxy) is 2. The van der Waals surface area contributed by atoms with Crippen LogP contribution in [0.4, 0.5) is 52.7 Å². The van der Waals surface area contributed by atoms with Crippen molar-refractivity contribution >= 4 is 0 Å². The zero-order chi connectivity index (χ0) is 20.9. The molecule has 1 heterocycles. The van der Waals surface area contributed by atoms with Crippen LogP contribution in [-0.4, -0.2) is 49.1 Å². The van der Waals surface area contributed by atoms with Crippen molar-refractivity contribution in [2.75, 3.05) is 0 Å². The van der Waals surface area contributed by atoms with Crippen LogP contribution >= 0.6 is 0 Å². The van der Waals surface area contributed by atoms with Crippen LogP contribution in [0.25, 0.3) is 0 Å². The van der Waals surface area contributed by atoms with E-state index in [-0.39, 0.29) is 0 Å². The first kappa shape index (κ1) is 23.1. The zero-order valence-electron chi connectivity index (χ0n) is 12.8. The molecule has 0 aliphatic carbocycles. The topological polar surface area (TPSA) is 18.5 Å². The predicted molar refractivity (Wildman–Crippen MR) is 59.9 cm³/mol. The molecule has 0 aromatic rings. The normalized spacial score (nSPS) is 29.5. The van der Waals surface area contributed by atoms with Crippen LogP contribution < -0.4 is 0 Å². The van der Waals surface area contributed by atoms with Gasteiger partial charge in [-0.1, -0.05) is 0 Å². The number of halogens is 12. The molecule has 0 aromatic heterocycles. The third kappa shape index (κ3) is 5.08. The Morgan fingerprint density at radius 2 is 0.731 bits per heavy atom. The van der Waals surface area contributed by atoms with Crippen molar-refractivity contribution in [3.05, 3.63) is 0 Å². The van der Waals surface area contributed by atoms with E-state index in [2.05, 4.69) is 9.47 Å². The predicted octanol–water partition coefficient (Wildman–Crippen LogP) is 5.03. The van der Waals surface area contributed by atoms with Crippen LogP contribution in [0.1, 0.15) is 13.8 Å². The molecule has 1 fully saturated rings. The van der Waals surface area contributed by atoms with Gasteiger partial charge in [0.1, 0.15) is 12.2 Å². The van der Waals surface area contributed by atoms with Crippen molar-refractivity contribution < 1.29 is 62.2 Å². The molecule has 2 nitrogen and oxygen atoms in total. The highest BCUT2D eigenvalue weighted by Gasteiger charge is 2.67. The van der Waals surface area contributed by atoms with Crippen molar-refractivity contribution in [3.63, 3.8) is 0 Å². The first-order chi connectivity index (χ1) is 11.3. The Hall–Kier alpha value is -0.920. The van der Waals surface area contributed by atoms with Gasteiger partial charge in [0, 0.05) is 0 Å². The van der Waals surface area contributed by atoms with Crippen LogP contribution in [0.3, 0.4) is 0 Å². The summed E-state index contributed by atoms with van der Waals surface area (Å²) < 4.78 is 162. The van der Waals surface area contributed by atoms with Gasteiger partial charge in [0.05, 0.1) is 12.2 Å². The summed E-state index contributed by atoms with van der Waals surface area (Å²) in [5.74, 6) is -8.63. The van der Waals surface area contributed by atoms with Crippen molar-refractivity contribution in [2.45, 2.75) is 63.0 Å². The van der Waals surface area contributed by atoms with Crippen molar-refractivity contribution in [3.8, 4) is 0 Å². The Labute approximate surface area is 138 Å². The second kappa shape index (κ2) is 6.91. The summed E-state index contributed by atoms with van der Waals surface area (Å²) in [5.41, 5.74) is 0. The molecule has 26 heavy (non-hydrogen) atoms. The Morgan fingerprint density at radius 1 is 0.500 bits per heavy atom. The Bertz CT molecular complexity index is 407. The molecular weight excluding hydrogens is 404 g/mol. The summed E-state index contributed by atoms with van der Waals surface area (Å²) in [5, 5.41) is 0. The maximum absolute atomic E-state index is 12.8. The fraction of sp³-hybridized carbons (Fsp3) is 1.00. The SMILES string of the molecule is CC1OC(C)C(C(C(F)(F)F)C(F)(F)F)OC1C(C(F)(F)F)C(F)(F)F. The van der Waals surface area contributed by atoms with E-state index in [4.69, 9.17) is 0 Å². The van der Waals surface area contributed by atoms with E-state index in [1.165, 1.54) is 0 Å². The van der Waals surface area contributed by atoms with E-state index in [0.717, 1.165) is 0 Å². The molecule has 0 radical (unpaired) electrons. The minimum absolute atomic E-state index is 0.637. The van der Waals surface area contributed by atoms with E-state index in [1.54, 1.807) is 0 Å². The molecule has 1 rings (SSSR count). The second-order valence-corrected chi connectivity index (χ2v) is 5.73. The maximum Gasteiger partial charge on any atom is 0.403 e. The number of alkyl halides is 12. The summed E-state index contributed by atoms with van der Waals surface area (Å²) in [6.45, 7) is 1.27. The molecule has 0 amide bonds. The lowest BCUT2D eigenvalue weighted by molar-refractivity contribution is -0.375. The summed E-state index contributed by atoms with van der Waals surface area (Å²) in [4.78, 5) is 0. The standard InChI is InChI=1S/C12H12F12O2/c1-3-5(7(9(13,14)15)10(16,17)18)26-6(4(2)25-3)8(11(19,20)21)12(22,23)24/h3-8H,1-2H3. The average molecular weight is 416 g/mol. The molecule has 0 N–H and O–H groups in total. The van der Waals surface area contributed by atoms with Crippen molar-refractivity contribution in [1.82, 2.24) is 0 Å². The van der Waals surface area contributed by atoms with Crippen LogP contribution in [0.2, 0.25) is 0 Å². The quantitative estimate of drug-likeness (QED) is 0.588. The number of hydrogen-bond acceptors (Lipinski definition) is 2. The largest absolute Gasteiger partial charge is 0.403 e. The van der Waals surface area contributed by atoms with Gasteiger partial charge in [-0.05, 0) is 13.8 Å². The highest BCUT2D eigenvalue weighted by molar-refractivity contribution is 4.95. The average Bonchev–Trinajstić information content (AvgIpc) is 2.27. The third-order valence-corrected chi connectivity index (χ3v) is 3.74. The van der Waals surface area contributed by atoms with Crippen LogP contribution in [0, 0.1) is 11.8 Å².